The van der Waals surface area contributed by atoms with Gasteiger partial charge in [-0.15, -0.1) is 11.3 Å². The Morgan fingerprint density at radius 3 is 2.74 bits per heavy atom. The highest BCUT2D eigenvalue weighted by Crippen LogP contribution is 2.33. The molecule has 3 amide bonds. The zero-order chi connectivity index (χ0) is 18.4. The van der Waals surface area contributed by atoms with Gasteiger partial charge in [0, 0.05) is 44.2 Å². The summed E-state index contributed by atoms with van der Waals surface area (Å²) in [6, 6.07) is 6.09. The first kappa shape index (κ1) is 17.0. The van der Waals surface area contributed by atoms with Gasteiger partial charge < -0.3 is 14.7 Å². The molecule has 0 spiro atoms. The van der Waals surface area contributed by atoms with Gasteiger partial charge in [-0.1, -0.05) is 0 Å². The van der Waals surface area contributed by atoms with Gasteiger partial charge in [0.15, 0.2) is 0 Å². The number of likely N-dealkylation sites (tertiary alicyclic amines) is 3. The van der Waals surface area contributed by atoms with Crippen molar-refractivity contribution in [3.8, 4) is 0 Å². The molecule has 3 aliphatic heterocycles. The first-order valence-corrected chi connectivity index (χ1v) is 10.8. The standard InChI is InChI=1S/C20H24N4O2S/c25-19(14-4-5-16-18(10-14)27-13-21-16)23-11-15-6-9-24(17(15)12-23)20(26)22-7-2-1-3-8-22/h4-5,10,13,15,17H,1-3,6-9,11-12H2. The summed E-state index contributed by atoms with van der Waals surface area (Å²) in [6.07, 6.45) is 4.45. The number of aromatic nitrogens is 1. The number of piperidine rings is 1. The Morgan fingerprint density at radius 1 is 1.04 bits per heavy atom. The number of thiazole rings is 1. The monoisotopic (exact) mass is 384 g/mol. The highest BCUT2D eigenvalue weighted by atomic mass is 32.1. The van der Waals surface area contributed by atoms with Gasteiger partial charge in [0.05, 0.1) is 21.8 Å². The number of fused-ring (bicyclic) bond motifs is 2. The van der Waals surface area contributed by atoms with E-state index in [0.29, 0.717) is 12.5 Å². The number of hydrogen-bond donors (Lipinski definition) is 0. The first-order valence-electron chi connectivity index (χ1n) is 9.89. The Labute approximate surface area is 162 Å². The lowest BCUT2D eigenvalue weighted by atomic mass is 10.1. The van der Waals surface area contributed by atoms with Crippen molar-refractivity contribution in [1.29, 1.82) is 0 Å². The van der Waals surface area contributed by atoms with Crippen molar-refractivity contribution in [2.45, 2.75) is 31.7 Å². The second kappa shape index (κ2) is 6.78. The Balaban J connectivity index is 1.30. The predicted molar refractivity (Wildman–Crippen MR) is 105 cm³/mol. The molecule has 0 N–H and O–H groups in total. The lowest BCUT2D eigenvalue weighted by Crippen LogP contribution is -2.49. The van der Waals surface area contributed by atoms with Crippen molar-refractivity contribution < 1.29 is 9.59 Å². The van der Waals surface area contributed by atoms with Gasteiger partial charge >= 0.3 is 6.03 Å². The summed E-state index contributed by atoms with van der Waals surface area (Å²) in [4.78, 5) is 36.2. The predicted octanol–water partition coefficient (Wildman–Crippen LogP) is 3.05. The highest BCUT2D eigenvalue weighted by molar-refractivity contribution is 7.16. The van der Waals surface area contributed by atoms with Crippen LogP contribution < -0.4 is 0 Å². The largest absolute Gasteiger partial charge is 0.336 e. The summed E-state index contributed by atoms with van der Waals surface area (Å²) >= 11 is 1.56. The Morgan fingerprint density at radius 2 is 1.89 bits per heavy atom. The van der Waals surface area contributed by atoms with E-state index in [2.05, 4.69) is 4.98 Å². The van der Waals surface area contributed by atoms with E-state index in [1.807, 2.05) is 38.4 Å². The van der Waals surface area contributed by atoms with Crippen LogP contribution in [0.15, 0.2) is 23.7 Å². The maximum atomic E-state index is 13.0. The average molecular weight is 385 g/mol. The molecule has 0 aliphatic carbocycles. The molecule has 27 heavy (non-hydrogen) atoms. The van der Waals surface area contributed by atoms with E-state index >= 15 is 0 Å². The molecule has 3 fully saturated rings. The second-order valence-electron chi connectivity index (χ2n) is 7.88. The van der Waals surface area contributed by atoms with Gasteiger partial charge in [-0.05, 0) is 43.9 Å². The molecule has 2 aromatic rings. The van der Waals surface area contributed by atoms with Crippen LogP contribution in [0.25, 0.3) is 10.2 Å². The third kappa shape index (κ3) is 2.98. The van der Waals surface area contributed by atoms with Crippen LogP contribution in [0.3, 0.4) is 0 Å². The molecule has 5 rings (SSSR count). The molecule has 2 atom stereocenters. The van der Waals surface area contributed by atoms with Gasteiger partial charge in [-0.3, -0.25) is 4.79 Å². The minimum absolute atomic E-state index is 0.0741. The fourth-order valence-corrected chi connectivity index (χ4v) is 5.52. The van der Waals surface area contributed by atoms with Crippen LogP contribution in [0.1, 0.15) is 36.0 Å². The number of amides is 3. The number of hydrogen-bond acceptors (Lipinski definition) is 4. The normalized spacial score (nSPS) is 25.3. The van der Waals surface area contributed by atoms with Crippen LogP contribution in [0.5, 0.6) is 0 Å². The van der Waals surface area contributed by atoms with E-state index in [0.717, 1.165) is 61.2 Å². The summed E-state index contributed by atoms with van der Waals surface area (Å²) in [6.45, 7) is 4.01. The van der Waals surface area contributed by atoms with E-state index in [9.17, 15) is 9.59 Å². The quantitative estimate of drug-likeness (QED) is 0.759. The number of rotatable bonds is 1. The van der Waals surface area contributed by atoms with Crippen LogP contribution in [-0.4, -0.2) is 70.4 Å². The summed E-state index contributed by atoms with van der Waals surface area (Å²) in [7, 11) is 0. The van der Waals surface area contributed by atoms with Crippen molar-refractivity contribution in [1.82, 2.24) is 19.7 Å². The van der Waals surface area contributed by atoms with Crippen molar-refractivity contribution in [2.75, 3.05) is 32.7 Å². The minimum Gasteiger partial charge on any atom is -0.336 e. The fourth-order valence-electron chi connectivity index (χ4n) is 4.80. The topological polar surface area (TPSA) is 56.8 Å². The molecule has 3 saturated heterocycles. The molecule has 0 saturated carbocycles. The van der Waals surface area contributed by atoms with Crippen LogP contribution in [0.4, 0.5) is 4.79 Å². The Kier molecular flexibility index (Phi) is 4.27. The Hall–Kier alpha value is -2.15. The third-order valence-corrected chi connectivity index (χ3v) is 7.08. The molecule has 3 aliphatic rings. The van der Waals surface area contributed by atoms with E-state index < -0.39 is 0 Å². The summed E-state index contributed by atoms with van der Waals surface area (Å²) in [5, 5.41) is 0. The van der Waals surface area contributed by atoms with Crippen molar-refractivity contribution in [2.24, 2.45) is 5.92 Å². The maximum absolute atomic E-state index is 13.0. The van der Waals surface area contributed by atoms with Gasteiger partial charge in [-0.2, -0.15) is 0 Å². The molecule has 6 nitrogen and oxygen atoms in total. The molecule has 142 valence electrons. The van der Waals surface area contributed by atoms with Crippen molar-refractivity contribution in [3.05, 3.63) is 29.3 Å². The van der Waals surface area contributed by atoms with Gasteiger partial charge in [-0.25, -0.2) is 9.78 Å². The molecule has 2 unspecified atom stereocenters. The van der Waals surface area contributed by atoms with E-state index in [1.54, 1.807) is 11.3 Å². The molecule has 0 radical (unpaired) electrons. The zero-order valence-electron chi connectivity index (χ0n) is 15.3. The third-order valence-electron chi connectivity index (χ3n) is 6.29. The molecule has 7 heteroatoms. The lowest BCUT2D eigenvalue weighted by Gasteiger charge is -2.34. The fraction of sp³-hybridized carbons (Fsp3) is 0.550. The van der Waals surface area contributed by atoms with Crippen LogP contribution in [0, 0.1) is 5.92 Å². The summed E-state index contributed by atoms with van der Waals surface area (Å²) < 4.78 is 1.04. The lowest BCUT2D eigenvalue weighted by molar-refractivity contribution is 0.0769. The Bertz CT molecular complexity index is 876. The number of nitrogens with zero attached hydrogens (tertiary/aromatic N) is 4. The highest BCUT2D eigenvalue weighted by Gasteiger charge is 2.45. The molecule has 0 bridgehead atoms. The van der Waals surface area contributed by atoms with Gasteiger partial charge in [0.25, 0.3) is 5.91 Å². The summed E-state index contributed by atoms with van der Waals surface area (Å²) in [5.74, 6) is 0.486. The first-order chi connectivity index (χ1) is 13.2. The molecular weight excluding hydrogens is 360 g/mol. The maximum Gasteiger partial charge on any atom is 0.320 e. The number of benzene rings is 1. The molecule has 1 aromatic carbocycles. The van der Waals surface area contributed by atoms with E-state index in [4.69, 9.17) is 0 Å². The molecule has 1 aromatic heterocycles. The van der Waals surface area contributed by atoms with Crippen molar-refractivity contribution >= 4 is 33.5 Å². The van der Waals surface area contributed by atoms with Crippen LogP contribution in [-0.2, 0) is 0 Å². The van der Waals surface area contributed by atoms with Gasteiger partial charge in [0.1, 0.15) is 0 Å². The molecule has 4 heterocycles. The number of carbonyl (C=O) groups is 2. The number of urea groups is 1. The SMILES string of the molecule is O=C(c1ccc2ncsc2c1)N1CC2CCN(C(=O)N3CCCCC3)C2C1. The number of carbonyl (C=O) groups excluding carboxylic acids is 2. The van der Waals surface area contributed by atoms with Crippen LogP contribution >= 0.6 is 11.3 Å². The zero-order valence-corrected chi connectivity index (χ0v) is 16.2. The van der Waals surface area contributed by atoms with E-state index in [1.165, 1.54) is 6.42 Å². The second-order valence-corrected chi connectivity index (χ2v) is 8.77. The van der Waals surface area contributed by atoms with E-state index in [-0.39, 0.29) is 18.0 Å². The smallest absolute Gasteiger partial charge is 0.320 e. The minimum atomic E-state index is 0.0741. The van der Waals surface area contributed by atoms with Crippen molar-refractivity contribution in [3.63, 3.8) is 0 Å². The molecular formula is C20H24N4O2S. The van der Waals surface area contributed by atoms with Gasteiger partial charge in [0.2, 0.25) is 0 Å². The van der Waals surface area contributed by atoms with Crippen LogP contribution in [0.2, 0.25) is 0 Å². The average Bonchev–Trinajstić information content (AvgIpc) is 3.42. The summed E-state index contributed by atoms with van der Waals surface area (Å²) in [5.41, 5.74) is 3.47.